The lowest BCUT2D eigenvalue weighted by molar-refractivity contribution is 0.824. The highest BCUT2D eigenvalue weighted by atomic mass is 16.3. The van der Waals surface area contributed by atoms with Crippen molar-refractivity contribution in [2.45, 2.75) is 34.6 Å². The SMILES string of the molecule is CC.CC.Cc1ccccc1N=O.O. The van der Waals surface area contributed by atoms with Gasteiger partial charge in [0.1, 0.15) is 5.69 Å². The molecule has 1 aromatic carbocycles. The second kappa shape index (κ2) is 14.3. The molecule has 2 N–H and O–H groups in total. The highest BCUT2D eigenvalue weighted by molar-refractivity contribution is 5.44. The minimum atomic E-state index is 0. The predicted octanol–water partition coefficient (Wildman–Crippen LogP) is 3.62. The van der Waals surface area contributed by atoms with Crippen LogP contribution in [0.5, 0.6) is 0 Å². The summed E-state index contributed by atoms with van der Waals surface area (Å²) in [4.78, 5) is 9.98. The molecule has 82 valence electrons. The average Bonchev–Trinajstić information content (AvgIpc) is 2.24. The standard InChI is InChI=1S/C7H7NO.2C2H6.H2O/c1-6-4-2-3-5-7(6)8-9;2*1-2;/h2-5H,1H3;2*1-2H3;1H2. The molecule has 1 rings (SSSR count). The lowest BCUT2D eigenvalue weighted by Gasteiger charge is -1.90. The van der Waals surface area contributed by atoms with E-state index in [1.54, 1.807) is 12.1 Å². The topological polar surface area (TPSA) is 60.9 Å². The number of hydrogen-bond donors (Lipinski definition) is 0. The van der Waals surface area contributed by atoms with E-state index in [2.05, 4.69) is 5.18 Å². The predicted molar refractivity (Wildman–Crippen MR) is 62.9 cm³/mol. The highest BCUT2D eigenvalue weighted by Crippen LogP contribution is 2.15. The lowest BCUT2D eigenvalue weighted by Crippen LogP contribution is -1.68. The minimum Gasteiger partial charge on any atom is -0.412 e. The Labute approximate surface area is 86.4 Å². The van der Waals surface area contributed by atoms with Crippen LogP contribution in [0.4, 0.5) is 5.69 Å². The highest BCUT2D eigenvalue weighted by Gasteiger charge is 1.91. The van der Waals surface area contributed by atoms with Crippen molar-refractivity contribution in [1.29, 1.82) is 0 Å². The molecule has 1 aromatic rings. The molecule has 0 radical (unpaired) electrons. The lowest BCUT2D eigenvalue weighted by atomic mass is 10.2. The summed E-state index contributed by atoms with van der Waals surface area (Å²) in [6, 6.07) is 7.23. The van der Waals surface area contributed by atoms with Gasteiger partial charge in [0.15, 0.2) is 0 Å². The zero-order valence-electron chi connectivity index (χ0n) is 9.66. The van der Waals surface area contributed by atoms with Gasteiger partial charge in [-0.2, -0.15) is 0 Å². The monoisotopic (exact) mass is 199 g/mol. The molecule has 0 aliphatic heterocycles. The van der Waals surface area contributed by atoms with E-state index in [1.807, 2.05) is 46.8 Å². The molecule has 0 bridgehead atoms. The van der Waals surface area contributed by atoms with Crippen molar-refractivity contribution in [3.05, 3.63) is 34.7 Å². The summed E-state index contributed by atoms with van der Waals surface area (Å²) in [6.07, 6.45) is 0. The average molecular weight is 199 g/mol. The molecule has 0 aromatic heterocycles. The van der Waals surface area contributed by atoms with Crippen LogP contribution < -0.4 is 0 Å². The van der Waals surface area contributed by atoms with Gasteiger partial charge in [0.05, 0.1) is 0 Å². The third-order valence-electron chi connectivity index (χ3n) is 1.21. The largest absolute Gasteiger partial charge is 0.412 e. The van der Waals surface area contributed by atoms with Gasteiger partial charge in [-0.25, -0.2) is 0 Å². The normalized spacial score (nSPS) is 6.64. The van der Waals surface area contributed by atoms with Crippen LogP contribution in [0.2, 0.25) is 0 Å². The molecule has 0 aliphatic rings. The van der Waals surface area contributed by atoms with E-state index in [4.69, 9.17) is 0 Å². The fourth-order valence-corrected chi connectivity index (χ4v) is 0.666. The van der Waals surface area contributed by atoms with Crippen molar-refractivity contribution >= 4 is 5.69 Å². The smallest absolute Gasteiger partial charge is 0.110 e. The van der Waals surface area contributed by atoms with E-state index >= 15 is 0 Å². The molecular formula is C11H21NO2. The molecule has 0 atom stereocenters. The van der Waals surface area contributed by atoms with E-state index in [1.165, 1.54) is 0 Å². The van der Waals surface area contributed by atoms with Crippen LogP contribution >= 0.6 is 0 Å². The second-order valence-corrected chi connectivity index (χ2v) is 1.88. The van der Waals surface area contributed by atoms with Gasteiger partial charge in [-0.15, -0.1) is 4.91 Å². The van der Waals surface area contributed by atoms with Crippen LogP contribution in [0, 0.1) is 11.8 Å². The van der Waals surface area contributed by atoms with Crippen molar-refractivity contribution < 1.29 is 5.48 Å². The van der Waals surface area contributed by atoms with Gasteiger partial charge in [-0.1, -0.05) is 45.9 Å². The van der Waals surface area contributed by atoms with Gasteiger partial charge in [0, 0.05) is 0 Å². The van der Waals surface area contributed by atoms with Gasteiger partial charge in [0.2, 0.25) is 0 Å². The first-order valence-corrected chi connectivity index (χ1v) is 4.73. The van der Waals surface area contributed by atoms with Crippen LogP contribution in [0.1, 0.15) is 33.3 Å². The van der Waals surface area contributed by atoms with Crippen molar-refractivity contribution in [2.75, 3.05) is 0 Å². The fourth-order valence-electron chi connectivity index (χ4n) is 0.666. The third-order valence-corrected chi connectivity index (χ3v) is 1.21. The first-order valence-electron chi connectivity index (χ1n) is 4.73. The minimum absolute atomic E-state index is 0. The molecule has 3 nitrogen and oxygen atoms in total. The fraction of sp³-hybridized carbons (Fsp3) is 0.455. The summed E-state index contributed by atoms with van der Waals surface area (Å²) >= 11 is 0. The summed E-state index contributed by atoms with van der Waals surface area (Å²) in [5.41, 5.74) is 1.45. The summed E-state index contributed by atoms with van der Waals surface area (Å²) in [5.74, 6) is 0. The summed E-state index contributed by atoms with van der Waals surface area (Å²) in [6.45, 7) is 9.86. The van der Waals surface area contributed by atoms with Crippen LogP contribution in [0.3, 0.4) is 0 Å². The molecule has 0 unspecified atom stereocenters. The van der Waals surface area contributed by atoms with Gasteiger partial charge in [-0.3, -0.25) is 0 Å². The first kappa shape index (κ1) is 18.5. The molecule has 0 heterocycles. The van der Waals surface area contributed by atoms with E-state index < -0.39 is 0 Å². The quantitative estimate of drug-likeness (QED) is 0.637. The number of nitroso groups, excluding NO2 is 1. The van der Waals surface area contributed by atoms with Crippen LogP contribution in [-0.2, 0) is 0 Å². The first-order chi connectivity index (χ1) is 6.34. The van der Waals surface area contributed by atoms with Crippen molar-refractivity contribution in [3.63, 3.8) is 0 Å². The molecule has 0 spiro atoms. The Morgan fingerprint density at radius 3 is 1.71 bits per heavy atom. The molecule has 0 saturated heterocycles. The Morgan fingerprint density at radius 2 is 1.43 bits per heavy atom. The maximum atomic E-state index is 9.98. The number of nitrogens with zero attached hydrogens (tertiary/aromatic N) is 1. The molecule has 0 aliphatic carbocycles. The van der Waals surface area contributed by atoms with Crippen molar-refractivity contribution in [3.8, 4) is 0 Å². The van der Waals surface area contributed by atoms with Crippen LogP contribution in [-0.4, -0.2) is 5.48 Å². The molecule has 0 amide bonds. The zero-order valence-corrected chi connectivity index (χ0v) is 9.66. The number of hydrogen-bond acceptors (Lipinski definition) is 2. The van der Waals surface area contributed by atoms with E-state index in [9.17, 15) is 4.91 Å². The number of benzene rings is 1. The third kappa shape index (κ3) is 7.43. The van der Waals surface area contributed by atoms with Crippen LogP contribution in [0.15, 0.2) is 29.4 Å². The Kier molecular flexibility index (Phi) is 19.0. The maximum absolute atomic E-state index is 9.98. The van der Waals surface area contributed by atoms with E-state index in [-0.39, 0.29) is 5.48 Å². The van der Waals surface area contributed by atoms with Crippen molar-refractivity contribution in [2.24, 2.45) is 5.18 Å². The summed E-state index contributed by atoms with van der Waals surface area (Å²) in [5, 5.41) is 2.82. The molecule has 0 fully saturated rings. The Balaban J connectivity index is -0.000000216. The van der Waals surface area contributed by atoms with E-state index in [0.29, 0.717) is 5.69 Å². The Hall–Kier alpha value is -1.22. The summed E-state index contributed by atoms with van der Waals surface area (Å²) < 4.78 is 0. The van der Waals surface area contributed by atoms with Crippen LogP contribution in [0.25, 0.3) is 0 Å². The molecular weight excluding hydrogens is 178 g/mol. The molecule has 0 saturated carbocycles. The van der Waals surface area contributed by atoms with Gasteiger partial charge in [-0.05, 0) is 23.7 Å². The number of aryl methyl sites for hydroxylation is 1. The Bertz CT molecular complexity index is 224. The van der Waals surface area contributed by atoms with Gasteiger partial charge >= 0.3 is 0 Å². The van der Waals surface area contributed by atoms with E-state index in [0.717, 1.165) is 5.56 Å². The summed E-state index contributed by atoms with van der Waals surface area (Å²) in [7, 11) is 0. The molecule has 14 heavy (non-hydrogen) atoms. The zero-order chi connectivity index (χ0) is 10.7. The second-order valence-electron chi connectivity index (χ2n) is 1.88. The van der Waals surface area contributed by atoms with Gasteiger partial charge in [0.25, 0.3) is 0 Å². The number of rotatable bonds is 1. The molecule has 3 heteroatoms. The van der Waals surface area contributed by atoms with Crippen molar-refractivity contribution in [1.82, 2.24) is 0 Å². The maximum Gasteiger partial charge on any atom is 0.110 e. The Morgan fingerprint density at radius 1 is 1.00 bits per heavy atom. The van der Waals surface area contributed by atoms with Gasteiger partial charge < -0.3 is 5.48 Å².